The first-order chi connectivity index (χ1) is 9.24. The Bertz CT molecular complexity index is 556. The number of nitrogens with zero attached hydrogens (tertiary/aromatic N) is 4. The van der Waals surface area contributed by atoms with Crippen LogP contribution in [0.1, 0.15) is 11.9 Å². The zero-order chi connectivity index (χ0) is 13.2. The van der Waals surface area contributed by atoms with Gasteiger partial charge in [0.05, 0.1) is 6.04 Å². The molecule has 1 saturated heterocycles. The molecule has 3 heterocycles. The van der Waals surface area contributed by atoms with Crippen molar-refractivity contribution in [1.82, 2.24) is 25.3 Å². The van der Waals surface area contributed by atoms with E-state index in [-0.39, 0.29) is 6.04 Å². The number of piperazine rings is 1. The molecule has 7 heteroatoms. The Hall–Kier alpha value is -1.31. The molecule has 2 aromatic heterocycles. The van der Waals surface area contributed by atoms with Crippen molar-refractivity contribution >= 4 is 15.9 Å². The first-order valence-electron chi connectivity index (χ1n) is 6.10. The van der Waals surface area contributed by atoms with Crippen LogP contribution in [0.2, 0.25) is 0 Å². The van der Waals surface area contributed by atoms with E-state index in [9.17, 15) is 0 Å². The third-order valence-corrected chi connectivity index (χ3v) is 3.67. The summed E-state index contributed by atoms with van der Waals surface area (Å²) >= 11 is 3.35. The Labute approximate surface area is 119 Å². The molecule has 3 rings (SSSR count). The maximum absolute atomic E-state index is 5.30. The predicted molar refractivity (Wildman–Crippen MR) is 73.5 cm³/mol. The van der Waals surface area contributed by atoms with Gasteiger partial charge in [-0.3, -0.25) is 4.90 Å². The van der Waals surface area contributed by atoms with Crippen LogP contribution < -0.4 is 5.32 Å². The highest BCUT2D eigenvalue weighted by Gasteiger charge is 2.25. The van der Waals surface area contributed by atoms with Crippen LogP contribution in [0.25, 0.3) is 11.6 Å². The van der Waals surface area contributed by atoms with Crippen LogP contribution in [-0.4, -0.2) is 46.7 Å². The highest BCUT2D eigenvalue weighted by Crippen LogP contribution is 2.22. The van der Waals surface area contributed by atoms with Crippen LogP contribution >= 0.6 is 15.9 Å². The van der Waals surface area contributed by atoms with E-state index in [1.807, 2.05) is 12.1 Å². The minimum atomic E-state index is 0.154. The van der Waals surface area contributed by atoms with E-state index in [4.69, 9.17) is 4.52 Å². The van der Waals surface area contributed by atoms with E-state index < -0.39 is 0 Å². The summed E-state index contributed by atoms with van der Waals surface area (Å²) in [5, 5.41) is 7.40. The molecule has 0 amide bonds. The molecule has 1 fully saturated rings. The lowest BCUT2D eigenvalue weighted by Gasteiger charge is -2.30. The number of hydrogen-bond donors (Lipinski definition) is 1. The van der Waals surface area contributed by atoms with Crippen LogP contribution in [0, 0.1) is 0 Å². The third-order valence-electron chi connectivity index (χ3n) is 3.20. The molecule has 6 nitrogen and oxygen atoms in total. The lowest BCUT2D eigenvalue weighted by Crippen LogP contribution is -2.44. The SMILES string of the molecule is CN1CCNCC1c1noc(-c2ccc(Br)cn2)n1. The summed E-state index contributed by atoms with van der Waals surface area (Å²) in [6, 6.07) is 3.91. The van der Waals surface area contributed by atoms with Crippen molar-refractivity contribution in [3.63, 3.8) is 0 Å². The topological polar surface area (TPSA) is 67.1 Å². The van der Waals surface area contributed by atoms with Gasteiger partial charge in [0.25, 0.3) is 5.89 Å². The van der Waals surface area contributed by atoms with Gasteiger partial charge < -0.3 is 9.84 Å². The van der Waals surface area contributed by atoms with Crippen molar-refractivity contribution in [1.29, 1.82) is 0 Å². The lowest BCUT2D eigenvalue weighted by atomic mass is 10.2. The van der Waals surface area contributed by atoms with Gasteiger partial charge in [-0.2, -0.15) is 4.98 Å². The molecular formula is C12H14BrN5O. The highest BCUT2D eigenvalue weighted by molar-refractivity contribution is 9.10. The Morgan fingerprint density at radius 3 is 3.11 bits per heavy atom. The summed E-state index contributed by atoms with van der Waals surface area (Å²) in [6.07, 6.45) is 1.72. The van der Waals surface area contributed by atoms with Gasteiger partial charge in [0.15, 0.2) is 5.82 Å². The van der Waals surface area contributed by atoms with Gasteiger partial charge in [0, 0.05) is 30.3 Å². The summed E-state index contributed by atoms with van der Waals surface area (Å²) in [5.74, 6) is 1.16. The van der Waals surface area contributed by atoms with E-state index in [0.29, 0.717) is 17.4 Å². The smallest absolute Gasteiger partial charge is 0.276 e. The Morgan fingerprint density at radius 1 is 1.47 bits per heavy atom. The first-order valence-corrected chi connectivity index (χ1v) is 6.90. The Balaban J connectivity index is 1.84. The largest absolute Gasteiger partial charge is 0.332 e. The van der Waals surface area contributed by atoms with Crippen LogP contribution in [0.15, 0.2) is 27.3 Å². The molecule has 0 spiro atoms. The normalized spacial score (nSPS) is 20.6. The number of halogens is 1. The van der Waals surface area contributed by atoms with Gasteiger partial charge in [-0.05, 0) is 35.1 Å². The molecule has 0 aliphatic carbocycles. The molecular weight excluding hydrogens is 310 g/mol. The van der Waals surface area contributed by atoms with Crippen molar-refractivity contribution in [3.05, 3.63) is 28.6 Å². The zero-order valence-corrected chi connectivity index (χ0v) is 12.1. The highest BCUT2D eigenvalue weighted by atomic mass is 79.9. The maximum atomic E-state index is 5.30. The summed E-state index contributed by atoms with van der Waals surface area (Å²) in [5.41, 5.74) is 0.688. The minimum Gasteiger partial charge on any atom is -0.332 e. The Kier molecular flexibility index (Phi) is 3.58. The van der Waals surface area contributed by atoms with E-state index in [0.717, 1.165) is 24.1 Å². The molecule has 100 valence electrons. The molecule has 19 heavy (non-hydrogen) atoms. The lowest BCUT2D eigenvalue weighted by molar-refractivity contribution is 0.190. The average molecular weight is 324 g/mol. The van der Waals surface area contributed by atoms with E-state index in [1.54, 1.807) is 6.20 Å². The fraction of sp³-hybridized carbons (Fsp3) is 0.417. The molecule has 1 N–H and O–H groups in total. The van der Waals surface area contributed by atoms with E-state index in [2.05, 4.69) is 48.3 Å². The maximum Gasteiger partial charge on any atom is 0.276 e. The molecule has 1 unspecified atom stereocenters. The number of rotatable bonds is 2. The van der Waals surface area contributed by atoms with Crippen LogP contribution in [0.5, 0.6) is 0 Å². The van der Waals surface area contributed by atoms with Crippen molar-refractivity contribution in [2.45, 2.75) is 6.04 Å². The van der Waals surface area contributed by atoms with Gasteiger partial charge in [-0.1, -0.05) is 5.16 Å². The van der Waals surface area contributed by atoms with Crippen LogP contribution in [0.4, 0.5) is 0 Å². The minimum absolute atomic E-state index is 0.154. The van der Waals surface area contributed by atoms with Crippen molar-refractivity contribution < 1.29 is 4.52 Å². The van der Waals surface area contributed by atoms with Gasteiger partial charge in [-0.25, -0.2) is 4.98 Å². The van der Waals surface area contributed by atoms with Crippen LogP contribution in [0.3, 0.4) is 0 Å². The van der Waals surface area contributed by atoms with Crippen molar-refractivity contribution in [2.75, 3.05) is 26.7 Å². The van der Waals surface area contributed by atoms with Crippen molar-refractivity contribution in [3.8, 4) is 11.6 Å². The molecule has 0 aromatic carbocycles. The second-order valence-electron chi connectivity index (χ2n) is 4.52. The average Bonchev–Trinajstić information content (AvgIpc) is 2.89. The fourth-order valence-corrected chi connectivity index (χ4v) is 2.31. The summed E-state index contributed by atoms with van der Waals surface area (Å²) in [7, 11) is 2.07. The molecule has 0 radical (unpaired) electrons. The number of nitrogens with one attached hydrogen (secondary N) is 1. The number of aromatic nitrogens is 3. The number of hydrogen-bond acceptors (Lipinski definition) is 6. The molecule has 0 bridgehead atoms. The standard InChI is InChI=1S/C12H14BrN5O/c1-18-5-4-14-7-10(18)11-16-12(19-17-11)9-3-2-8(13)6-15-9/h2-3,6,10,14H,4-5,7H2,1H3. The van der Waals surface area contributed by atoms with E-state index >= 15 is 0 Å². The van der Waals surface area contributed by atoms with Gasteiger partial charge >= 0.3 is 0 Å². The predicted octanol–water partition coefficient (Wildman–Crippen LogP) is 1.47. The summed E-state index contributed by atoms with van der Waals surface area (Å²) in [6.45, 7) is 2.81. The number of likely N-dealkylation sites (N-methyl/N-ethyl adjacent to an activating group) is 1. The second kappa shape index (κ2) is 5.36. The van der Waals surface area contributed by atoms with E-state index in [1.165, 1.54) is 0 Å². The molecule has 2 aromatic rings. The molecule has 1 aliphatic heterocycles. The summed E-state index contributed by atoms with van der Waals surface area (Å²) < 4.78 is 6.22. The van der Waals surface area contributed by atoms with Gasteiger partial charge in [0.1, 0.15) is 5.69 Å². The molecule has 1 aliphatic rings. The molecule has 0 saturated carbocycles. The fourth-order valence-electron chi connectivity index (χ4n) is 2.07. The molecule has 1 atom stereocenters. The Morgan fingerprint density at radius 2 is 2.37 bits per heavy atom. The summed E-state index contributed by atoms with van der Waals surface area (Å²) in [4.78, 5) is 10.9. The monoisotopic (exact) mass is 323 g/mol. The van der Waals surface area contributed by atoms with Crippen molar-refractivity contribution in [2.24, 2.45) is 0 Å². The quantitative estimate of drug-likeness (QED) is 0.902. The first kappa shape index (κ1) is 12.7. The number of pyridine rings is 1. The third kappa shape index (κ3) is 2.68. The zero-order valence-electron chi connectivity index (χ0n) is 10.5. The van der Waals surface area contributed by atoms with Gasteiger partial charge in [0.2, 0.25) is 0 Å². The van der Waals surface area contributed by atoms with Gasteiger partial charge in [-0.15, -0.1) is 0 Å². The van der Waals surface area contributed by atoms with Crippen LogP contribution in [-0.2, 0) is 0 Å². The second-order valence-corrected chi connectivity index (χ2v) is 5.44.